The quantitative estimate of drug-likeness (QED) is 0.785. The van der Waals surface area contributed by atoms with Crippen LogP contribution in [0.5, 0.6) is 0 Å². The third-order valence-electron chi connectivity index (χ3n) is 2.19. The van der Waals surface area contributed by atoms with E-state index in [1.165, 1.54) is 12.1 Å². The maximum Gasteiger partial charge on any atom is 0.123 e. The fourth-order valence-corrected chi connectivity index (χ4v) is 1.99. The minimum absolute atomic E-state index is 0.247. The van der Waals surface area contributed by atoms with Crippen molar-refractivity contribution >= 4 is 15.9 Å². The molecule has 3 nitrogen and oxygen atoms in total. The van der Waals surface area contributed by atoms with Crippen LogP contribution in [0.15, 0.2) is 24.3 Å². The summed E-state index contributed by atoms with van der Waals surface area (Å²) in [6.45, 7) is 0. The zero-order valence-corrected chi connectivity index (χ0v) is 9.70. The smallest absolute Gasteiger partial charge is 0.123 e. The molecule has 1 aromatic heterocycles. The van der Waals surface area contributed by atoms with E-state index in [1.807, 2.05) is 7.05 Å². The predicted octanol–water partition coefficient (Wildman–Crippen LogP) is 2.52. The van der Waals surface area contributed by atoms with Gasteiger partial charge in [-0.3, -0.25) is 4.68 Å². The first kappa shape index (κ1) is 10.3. The second kappa shape index (κ2) is 4.10. The van der Waals surface area contributed by atoms with Crippen LogP contribution in [0.3, 0.4) is 0 Å². The lowest BCUT2D eigenvalue weighted by Gasteiger charge is -2.00. The normalized spacial score (nSPS) is 10.6. The molecule has 0 aliphatic rings. The summed E-state index contributed by atoms with van der Waals surface area (Å²) >= 11 is 3.38. The molecule has 0 fully saturated rings. The molecular formula is C10H9BrFN3. The van der Waals surface area contributed by atoms with E-state index in [-0.39, 0.29) is 5.82 Å². The molecule has 0 spiro atoms. The average Bonchev–Trinajstić information content (AvgIpc) is 2.61. The van der Waals surface area contributed by atoms with E-state index in [1.54, 1.807) is 16.8 Å². The number of aromatic nitrogens is 3. The second-order valence-electron chi connectivity index (χ2n) is 3.15. The van der Waals surface area contributed by atoms with Crippen LogP contribution in [-0.2, 0) is 12.4 Å². The molecule has 2 rings (SSSR count). The number of rotatable bonds is 2. The van der Waals surface area contributed by atoms with Gasteiger partial charge in [0.15, 0.2) is 0 Å². The molecule has 0 saturated heterocycles. The zero-order chi connectivity index (χ0) is 10.8. The van der Waals surface area contributed by atoms with Crippen LogP contribution < -0.4 is 0 Å². The molecule has 1 aromatic carbocycles. The lowest BCUT2D eigenvalue weighted by atomic mass is 10.1. The molecule has 0 atom stereocenters. The number of nitrogens with zero attached hydrogens (tertiary/aromatic N) is 3. The van der Waals surface area contributed by atoms with Crippen molar-refractivity contribution in [1.29, 1.82) is 0 Å². The van der Waals surface area contributed by atoms with E-state index in [9.17, 15) is 4.39 Å². The Labute approximate surface area is 95.0 Å². The number of aryl methyl sites for hydroxylation is 1. The summed E-state index contributed by atoms with van der Waals surface area (Å²) in [5.74, 6) is -0.247. The standard InChI is InChI=1S/C10H9BrFN3/c1-15-9(6-11)10(13-14-15)7-2-4-8(12)5-3-7/h2-5H,6H2,1H3. The maximum atomic E-state index is 12.7. The summed E-state index contributed by atoms with van der Waals surface area (Å²) in [7, 11) is 1.83. The van der Waals surface area contributed by atoms with Crippen LogP contribution in [0.25, 0.3) is 11.3 Å². The minimum atomic E-state index is -0.247. The zero-order valence-electron chi connectivity index (χ0n) is 8.11. The largest absolute Gasteiger partial charge is 0.251 e. The molecule has 78 valence electrons. The summed E-state index contributed by atoms with van der Waals surface area (Å²) in [5, 5.41) is 8.65. The Kier molecular flexibility index (Phi) is 2.81. The Morgan fingerprint density at radius 2 is 2.00 bits per heavy atom. The van der Waals surface area contributed by atoms with Gasteiger partial charge in [0.2, 0.25) is 0 Å². The van der Waals surface area contributed by atoms with Gasteiger partial charge in [0.25, 0.3) is 0 Å². The number of halogens is 2. The lowest BCUT2D eigenvalue weighted by molar-refractivity contribution is 0.628. The van der Waals surface area contributed by atoms with Crippen LogP contribution in [0.4, 0.5) is 4.39 Å². The van der Waals surface area contributed by atoms with Crippen molar-refractivity contribution in [2.24, 2.45) is 7.05 Å². The molecule has 0 aliphatic heterocycles. The van der Waals surface area contributed by atoms with E-state index < -0.39 is 0 Å². The van der Waals surface area contributed by atoms with E-state index in [0.29, 0.717) is 5.33 Å². The van der Waals surface area contributed by atoms with Gasteiger partial charge in [0.1, 0.15) is 11.5 Å². The predicted molar refractivity (Wildman–Crippen MR) is 59.0 cm³/mol. The lowest BCUT2D eigenvalue weighted by Crippen LogP contribution is -1.95. The fourth-order valence-electron chi connectivity index (χ4n) is 1.36. The number of hydrogen-bond acceptors (Lipinski definition) is 2. The molecule has 0 amide bonds. The van der Waals surface area contributed by atoms with Crippen molar-refractivity contribution < 1.29 is 4.39 Å². The number of hydrogen-bond donors (Lipinski definition) is 0. The van der Waals surface area contributed by atoms with Crippen LogP contribution >= 0.6 is 15.9 Å². The number of alkyl halides is 1. The molecule has 0 bridgehead atoms. The van der Waals surface area contributed by atoms with E-state index >= 15 is 0 Å². The Balaban J connectivity index is 2.49. The first-order chi connectivity index (χ1) is 7.22. The highest BCUT2D eigenvalue weighted by Crippen LogP contribution is 2.22. The Morgan fingerprint density at radius 3 is 2.60 bits per heavy atom. The Hall–Kier alpha value is -1.23. The van der Waals surface area contributed by atoms with Gasteiger partial charge in [-0.2, -0.15) is 0 Å². The first-order valence-corrected chi connectivity index (χ1v) is 5.55. The molecule has 0 radical (unpaired) electrons. The third kappa shape index (κ3) is 1.92. The molecule has 0 N–H and O–H groups in total. The molecule has 0 aliphatic carbocycles. The van der Waals surface area contributed by atoms with E-state index in [2.05, 4.69) is 26.2 Å². The van der Waals surface area contributed by atoms with Crippen molar-refractivity contribution in [2.45, 2.75) is 5.33 Å². The van der Waals surface area contributed by atoms with Gasteiger partial charge >= 0.3 is 0 Å². The molecular weight excluding hydrogens is 261 g/mol. The van der Waals surface area contributed by atoms with E-state index in [4.69, 9.17) is 0 Å². The molecule has 5 heteroatoms. The van der Waals surface area contributed by atoms with Gasteiger partial charge in [0, 0.05) is 17.9 Å². The van der Waals surface area contributed by atoms with Crippen LogP contribution in [0.1, 0.15) is 5.69 Å². The van der Waals surface area contributed by atoms with Crippen molar-refractivity contribution in [3.8, 4) is 11.3 Å². The van der Waals surface area contributed by atoms with Gasteiger partial charge in [-0.05, 0) is 24.3 Å². The summed E-state index contributed by atoms with van der Waals surface area (Å²) in [6, 6.07) is 6.24. The van der Waals surface area contributed by atoms with Crippen molar-refractivity contribution in [3.05, 3.63) is 35.8 Å². The minimum Gasteiger partial charge on any atom is -0.251 e. The summed E-state index contributed by atoms with van der Waals surface area (Å²) in [5.41, 5.74) is 2.63. The van der Waals surface area contributed by atoms with Gasteiger partial charge < -0.3 is 0 Å². The van der Waals surface area contributed by atoms with Crippen LogP contribution in [-0.4, -0.2) is 15.0 Å². The van der Waals surface area contributed by atoms with Crippen molar-refractivity contribution in [3.63, 3.8) is 0 Å². The molecule has 1 heterocycles. The topological polar surface area (TPSA) is 30.7 Å². The van der Waals surface area contributed by atoms with Gasteiger partial charge in [-0.25, -0.2) is 4.39 Å². The highest BCUT2D eigenvalue weighted by atomic mass is 79.9. The Morgan fingerprint density at radius 1 is 1.33 bits per heavy atom. The SMILES string of the molecule is Cn1nnc(-c2ccc(F)cc2)c1CBr. The highest BCUT2D eigenvalue weighted by molar-refractivity contribution is 9.08. The van der Waals surface area contributed by atoms with Crippen molar-refractivity contribution in [2.75, 3.05) is 0 Å². The monoisotopic (exact) mass is 269 g/mol. The molecule has 0 unspecified atom stereocenters. The van der Waals surface area contributed by atoms with Crippen molar-refractivity contribution in [1.82, 2.24) is 15.0 Å². The molecule has 15 heavy (non-hydrogen) atoms. The van der Waals surface area contributed by atoms with Crippen LogP contribution in [0.2, 0.25) is 0 Å². The third-order valence-corrected chi connectivity index (χ3v) is 2.72. The first-order valence-electron chi connectivity index (χ1n) is 4.43. The van der Waals surface area contributed by atoms with Gasteiger partial charge in [0.05, 0.1) is 5.69 Å². The fraction of sp³-hybridized carbons (Fsp3) is 0.200. The summed E-state index contributed by atoms with van der Waals surface area (Å²) in [6.07, 6.45) is 0. The van der Waals surface area contributed by atoms with Gasteiger partial charge in [-0.1, -0.05) is 21.1 Å². The maximum absolute atomic E-state index is 12.7. The van der Waals surface area contributed by atoms with E-state index in [0.717, 1.165) is 17.0 Å². The van der Waals surface area contributed by atoms with Gasteiger partial charge in [-0.15, -0.1) is 5.10 Å². The Bertz CT molecular complexity index is 464. The highest BCUT2D eigenvalue weighted by Gasteiger charge is 2.10. The molecule has 0 saturated carbocycles. The summed E-state index contributed by atoms with van der Waals surface area (Å²) < 4.78 is 14.4. The average molecular weight is 270 g/mol. The second-order valence-corrected chi connectivity index (χ2v) is 3.71. The summed E-state index contributed by atoms with van der Waals surface area (Å²) in [4.78, 5) is 0. The molecule has 2 aromatic rings. The van der Waals surface area contributed by atoms with Crippen LogP contribution in [0, 0.1) is 5.82 Å². The number of benzene rings is 1.